The van der Waals surface area contributed by atoms with Crippen LogP contribution in [0.3, 0.4) is 0 Å². The van der Waals surface area contributed by atoms with E-state index in [-0.39, 0.29) is 18.0 Å². The van der Waals surface area contributed by atoms with Gasteiger partial charge in [0.1, 0.15) is 6.10 Å². The van der Waals surface area contributed by atoms with Crippen LogP contribution in [0.1, 0.15) is 23.6 Å². The van der Waals surface area contributed by atoms with Crippen LogP contribution in [0.5, 0.6) is 0 Å². The summed E-state index contributed by atoms with van der Waals surface area (Å²) in [4.78, 5) is 11.9. The van der Waals surface area contributed by atoms with E-state index in [1.165, 1.54) is 16.7 Å². The van der Waals surface area contributed by atoms with Crippen molar-refractivity contribution in [3.63, 3.8) is 0 Å². The first-order chi connectivity index (χ1) is 12.0. The Labute approximate surface area is 154 Å². The van der Waals surface area contributed by atoms with Gasteiger partial charge in [0.05, 0.1) is 19.1 Å². The molecule has 1 heterocycles. The predicted octanol–water partition coefficient (Wildman–Crippen LogP) is 4.41. The SMILES string of the molecule is CCOC(=O)C1C=C2C=C(Cl)C(Cc3ccc(C)cc3C)=CC2OC1. The van der Waals surface area contributed by atoms with E-state index in [2.05, 4.69) is 38.1 Å². The van der Waals surface area contributed by atoms with Gasteiger partial charge in [-0.15, -0.1) is 0 Å². The van der Waals surface area contributed by atoms with Crippen LogP contribution >= 0.6 is 11.6 Å². The molecule has 0 saturated carbocycles. The number of esters is 1. The fourth-order valence-electron chi connectivity index (χ4n) is 3.23. The second-order valence-electron chi connectivity index (χ2n) is 6.57. The van der Waals surface area contributed by atoms with Crippen LogP contribution in [0.25, 0.3) is 0 Å². The standard InChI is InChI=1S/C21H23ClO3/c1-4-24-21(23)18-9-17-10-19(22)16(11-20(17)25-12-18)8-15-6-5-13(2)7-14(15)3/h5-7,9-11,18,20H,4,8,12H2,1-3H3. The summed E-state index contributed by atoms with van der Waals surface area (Å²) in [6, 6.07) is 6.46. The highest BCUT2D eigenvalue weighted by Crippen LogP contribution is 2.33. The average molecular weight is 359 g/mol. The summed E-state index contributed by atoms with van der Waals surface area (Å²) in [5.41, 5.74) is 5.77. The maximum absolute atomic E-state index is 11.9. The fourth-order valence-corrected chi connectivity index (χ4v) is 3.49. The lowest BCUT2D eigenvalue weighted by Crippen LogP contribution is -2.31. The van der Waals surface area contributed by atoms with Crippen molar-refractivity contribution in [2.45, 2.75) is 33.3 Å². The van der Waals surface area contributed by atoms with Crippen LogP contribution in [0.15, 0.2) is 52.6 Å². The number of hydrogen-bond acceptors (Lipinski definition) is 3. The van der Waals surface area contributed by atoms with Gasteiger partial charge in [0, 0.05) is 5.03 Å². The predicted molar refractivity (Wildman–Crippen MR) is 99.6 cm³/mol. The number of allylic oxidation sites excluding steroid dienone is 2. The molecule has 132 valence electrons. The molecule has 0 spiro atoms. The zero-order valence-electron chi connectivity index (χ0n) is 14.8. The molecule has 0 fully saturated rings. The first-order valence-corrected chi connectivity index (χ1v) is 9.00. The van der Waals surface area contributed by atoms with Gasteiger partial charge >= 0.3 is 5.97 Å². The molecular weight excluding hydrogens is 336 g/mol. The van der Waals surface area contributed by atoms with Crippen LogP contribution in [-0.4, -0.2) is 25.3 Å². The zero-order chi connectivity index (χ0) is 18.0. The summed E-state index contributed by atoms with van der Waals surface area (Å²) < 4.78 is 11.0. The van der Waals surface area contributed by atoms with Crippen LogP contribution in [0.4, 0.5) is 0 Å². The maximum atomic E-state index is 11.9. The van der Waals surface area contributed by atoms with Gasteiger partial charge in [-0.05, 0) is 61.6 Å². The van der Waals surface area contributed by atoms with Gasteiger partial charge in [-0.1, -0.05) is 41.4 Å². The van der Waals surface area contributed by atoms with E-state index in [0.29, 0.717) is 18.2 Å². The van der Waals surface area contributed by atoms with Gasteiger partial charge < -0.3 is 9.47 Å². The molecule has 2 unspecified atom stereocenters. The minimum absolute atomic E-state index is 0.145. The molecule has 0 aromatic heterocycles. The summed E-state index contributed by atoms with van der Waals surface area (Å²) in [5, 5.41) is 0.704. The van der Waals surface area contributed by atoms with Crippen LogP contribution in [-0.2, 0) is 20.7 Å². The van der Waals surface area contributed by atoms with Crippen molar-refractivity contribution in [3.05, 3.63) is 69.3 Å². The number of fused-ring (bicyclic) bond motifs is 1. The maximum Gasteiger partial charge on any atom is 0.315 e. The Bertz CT molecular complexity index is 773. The molecular formula is C21H23ClO3. The number of carbonyl (C=O) groups is 1. The quantitative estimate of drug-likeness (QED) is 0.748. The lowest BCUT2D eigenvalue weighted by molar-refractivity contribution is -0.148. The van der Waals surface area contributed by atoms with E-state index in [1.807, 2.05) is 12.2 Å². The molecule has 4 heteroatoms. The van der Waals surface area contributed by atoms with E-state index in [1.54, 1.807) is 6.92 Å². The van der Waals surface area contributed by atoms with Crippen LogP contribution < -0.4 is 0 Å². The Morgan fingerprint density at radius 2 is 2.12 bits per heavy atom. The molecule has 1 aliphatic carbocycles. The Hall–Kier alpha value is -1.84. The lowest BCUT2D eigenvalue weighted by atomic mass is 9.90. The molecule has 1 aromatic rings. The summed E-state index contributed by atoms with van der Waals surface area (Å²) in [5.74, 6) is -0.607. The summed E-state index contributed by atoms with van der Waals surface area (Å²) in [7, 11) is 0. The van der Waals surface area contributed by atoms with Gasteiger partial charge in [0.25, 0.3) is 0 Å². The van der Waals surface area contributed by atoms with Gasteiger partial charge in [-0.2, -0.15) is 0 Å². The molecule has 0 N–H and O–H groups in total. The minimum Gasteiger partial charge on any atom is -0.465 e. The largest absolute Gasteiger partial charge is 0.465 e. The summed E-state index contributed by atoms with van der Waals surface area (Å²) in [6.07, 6.45) is 6.52. The monoisotopic (exact) mass is 358 g/mol. The van der Waals surface area contributed by atoms with Crippen molar-refractivity contribution in [1.82, 2.24) is 0 Å². The highest BCUT2D eigenvalue weighted by molar-refractivity contribution is 6.32. The van der Waals surface area contributed by atoms with Crippen LogP contribution in [0, 0.1) is 19.8 Å². The molecule has 0 amide bonds. The normalized spacial score (nSPS) is 22.5. The van der Waals surface area contributed by atoms with Gasteiger partial charge in [0.15, 0.2) is 0 Å². The highest BCUT2D eigenvalue weighted by Gasteiger charge is 2.29. The van der Waals surface area contributed by atoms with Gasteiger partial charge in [-0.3, -0.25) is 4.79 Å². The second kappa shape index (κ2) is 7.59. The molecule has 2 aliphatic rings. The minimum atomic E-state index is -0.360. The van der Waals surface area contributed by atoms with Crippen molar-refractivity contribution < 1.29 is 14.3 Å². The Kier molecular flexibility index (Phi) is 5.45. The highest BCUT2D eigenvalue weighted by atomic mass is 35.5. The van der Waals surface area contributed by atoms with Gasteiger partial charge in [-0.25, -0.2) is 0 Å². The first kappa shape index (κ1) is 18.0. The fraction of sp³-hybridized carbons (Fsp3) is 0.381. The number of carbonyl (C=O) groups excluding carboxylic acids is 1. The summed E-state index contributed by atoms with van der Waals surface area (Å²) in [6.45, 7) is 6.73. The van der Waals surface area contributed by atoms with E-state index in [0.717, 1.165) is 17.6 Å². The van der Waals surface area contributed by atoms with Crippen molar-refractivity contribution in [2.75, 3.05) is 13.2 Å². The van der Waals surface area contributed by atoms with E-state index in [9.17, 15) is 4.79 Å². The molecule has 0 saturated heterocycles. The van der Waals surface area contributed by atoms with Crippen LogP contribution in [0.2, 0.25) is 0 Å². The molecule has 0 radical (unpaired) electrons. The number of hydrogen-bond donors (Lipinski definition) is 0. The number of benzene rings is 1. The Morgan fingerprint density at radius 1 is 1.32 bits per heavy atom. The average Bonchev–Trinajstić information content (AvgIpc) is 2.57. The Morgan fingerprint density at radius 3 is 2.84 bits per heavy atom. The molecule has 25 heavy (non-hydrogen) atoms. The van der Waals surface area contributed by atoms with E-state index in [4.69, 9.17) is 21.1 Å². The molecule has 0 bridgehead atoms. The van der Waals surface area contributed by atoms with Crippen molar-refractivity contribution >= 4 is 17.6 Å². The van der Waals surface area contributed by atoms with Gasteiger partial charge in [0.2, 0.25) is 0 Å². The van der Waals surface area contributed by atoms with E-state index >= 15 is 0 Å². The van der Waals surface area contributed by atoms with Crippen molar-refractivity contribution in [3.8, 4) is 0 Å². The molecule has 1 aliphatic heterocycles. The third-order valence-corrected chi connectivity index (χ3v) is 4.95. The smallest absolute Gasteiger partial charge is 0.315 e. The number of halogens is 1. The third-order valence-electron chi connectivity index (χ3n) is 4.60. The number of ether oxygens (including phenoxy) is 2. The van der Waals surface area contributed by atoms with E-state index < -0.39 is 0 Å². The molecule has 1 aromatic carbocycles. The number of aryl methyl sites for hydroxylation is 2. The Balaban J connectivity index is 1.79. The second-order valence-corrected chi connectivity index (χ2v) is 6.98. The summed E-state index contributed by atoms with van der Waals surface area (Å²) >= 11 is 6.50. The molecule has 3 rings (SSSR count). The molecule has 2 atom stereocenters. The van der Waals surface area contributed by atoms with Crippen molar-refractivity contribution in [2.24, 2.45) is 5.92 Å². The zero-order valence-corrected chi connectivity index (χ0v) is 15.6. The topological polar surface area (TPSA) is 35.5 Å². The third kappa shape index (κ3) is 4.05. The molecule has 3 nitrogen and oxygen atoms in total. The first-order valence-electron chi connectivity index (χ1n) is 8.62. The lowest BCUT2D eigenvalue weighted by Gasteiger charge is -2.29. The van der Waals surface area contributed by atoms with Crippen molar-refractivity contribution in [1.29, 1.82) is 0 Å². The number of rotatable bonds is 4.